The number of nitrogens with zero attached hydrogens (tertiary/aromatic N) is 1. The van der Waals surface area contributed by atoms with E-state index in [2.05, 4.69) is 17.2 Å². The minimum absolute atomic E-state index is 0. The van der Waals surface area contributed by atoms with E-state index in [-0.39, 0.29) is 29.6 Å². The maximum absolute atomic E-state index is 5.74. The maximum Gasteiger partial charge on any atom is 0.188 e. The molecule has 1 heterocycles. The lowest BCUT2D eigenvalue weighted by Gasteiger charge is -2.34. The smallest absolute Gasteiger partial charge is 0.188 e. The van der Waals surface area contributed by atoms with E-state index in [0.29, 0.717) is 12.5 Å². The molecule has 0 radical (unpaired) electrons. The Morgan fingerprint density at radius 3 is 2.65 bits per heavy atom. The second kappa shape index (κ2) is 8.93. The minimum Gasteiger partial charge on any atom is -0.381 e. The van der Waals surface area contributed by atoms with Crippen molar-refractivity contribution in [3.05, 3.63) is 0 Å². The van der Waals surface area contributed by atoms with Crippen molar-refractivity contribution >= 4 is 29.9 Å². The molecule has 0 aromatic heterocycles. The van der Waals surface area contributed by atoms with Gasteiger partial charge in [-0.1, -0.05) is 6.92 Å². The quantitative estimate of drug-likeness (QED) is 0.440. The molecule has 0 spiro atoms. The van der Waals surface area contributed by atoms with Crippen molar-refractivity contribution in [1.82, 2.24) is 5.32 Å². The van der Waals surface area contributed by atoms with Crippen LogP contribution in [0.4, 0.5) is 0 Å². The van der Waals surface area contributed by atoms with E-state index in [1.165, 1.54) is 0 Å². The second-order valence-corrected chi connectivity index (χ2v) is 4.13. The van der Waals surface area contributed by atoms with Crippen molar-refractivity contribution in [1.29, 1.82) is 0 Å². The van der Waals surface area contributed by atoms with Crippen LogP contribution in [-0.2, 0) is 9.47 Å². The van der Waals surface area contributed by atoms with E-state index in [4.69, 9.17) is 15.2 Å². The van der Waals surface area contributed by atoms with Crippen LogP contribution in [0.25, 0.3) is 0 Å². The summed E-state index contributed by atoms with van der Waals surface area (Å²) >= 11 is 0. The van der Waals surface area contributed by atoms with Gasteiger partial charge in [0.2, 0.25) is 0 Å². The van der Waals surface area contributed by atoms with Crippen molar-refractivity contribution in [3.63, 3.8) is 0 Å². The van der Waals surface area contributed by atoms with Crippen LogP contribution in [0.1, 0.15) is 26.2 Å². The van der Waals surface area contributed by atoms with Gasteiger partial charge in [0.1, 0.15) is 0 Å². The molecule has 0 bridgehead atoms. The van der Waals surface area contributed by atoms with Gasteiger partial charge in [-0.2, -0.15) is 0 Å². The fourth-order valence-electron chi connectivity index (χ4n) is 1.71. The highest BCUT2D eigenvalue weighted by atomic mass is 127. The van der Waals surface area contributed by atoms with Crippen molar-refractivity contribution in [3.8, 4) is 0 Å². The Morgan fingerprint density at radius 2 is 2.12 bits per heavy atom. The standard InChI is InChI=1S/C11H23N3O2.HI/c1-3-6-13-10(12)14-9-11(15-2)4-7-16-8-5-11;/h3-9H2,1-2H3,(H3,12,13,14);1H. The lowest BCUT2D eigenvalue weighted by molar-refractivity contribution is -0.0828. The van der Waals surface area contributed by atoms with Gasteiger partial charge in [0, 0.05) is 39.7 Å². The van der Waals surface area contributed by atoms with Gasteiger partial charge in [-0.25, -0.2) is 0 Å². The molecular formula is C11H24IN3O2. The minimum atomic E-state index is -0.184. The number of guanidine groups is 1. The number of methoxy groups -OCH3 is 1. The zero-order valence-electron chi connectivity index (χ0n) is 10.7. The fourth-order valence-corrected chi connectivity index (χ4v) is 1.71. The first-order chi connectivity index (χ1) is 7.72. The predicted octanol–water partition coefficient (Wildman–Crippen LogP) is 1.11. The molecule has 5 nitrogen and oxygen atoms in total. The summed E-state index contributed by atoms with van der Waals surface area (Å²) in [5, 5.41) is 3.05. The summed E-state index contributed by atoms with van der Waals surface area (Å²) < 4.78 is 10.9. The molecule has 0 amide bonds. The van der Waals surface area contributed by atoms with Crippen molar-refractivity contribution < 1.29 is 9.47 Å². The molecule has 102 valence electrons. The summed E-state index contributed by atoms with van der Waals surface area (Å²) in [5.41, 5.74) is 5.56. The molecular weight excluding hydrogens is 333 g/mol. The molecule has 1 aliphatic rings. The van der Waals surface area contributed by atoms with Gasteiger partial charge in [0.15, 0.2) is 5.96 Å². The van der Waals surface area contributed by atoms with Crippen LogP contribution >= 0.6 is 24.0 Å². The summed E-state index contributed by atoms with van der Waals surface area (Å²) in [4.78, 5) is 4.33. The Bertz CT molecular complexity index is 231. The molecule has 1 fully saturated rings. The van der Waals surface area contributed by atoms with E-state index in [1.54, 1.807) is 7.11 Å². The third kappa shape index (κ3) is 5.87. The molecule has 17 heavy (non-hydrogen) atoms. The zero-order valence-corrected chi connectivity index (χ0v) is 13.0. The average Bonchev–Trinajstić information content (AvgIpc) is 2.35. The Balaban J connectivity index is 0.00000256. The monoisotopic (exact) mass is 357 g/mol. The Hall–Kier alpha value is -0.0800. The molecule has 0 aliphatic carbocycles. The van der Waals surface area contributed by atoms with Crippen LogP contribution in [0.3, 0.4) is 0 Å². The summed E-state index contributed by atoms with van der Waals surface area (Å²) in [6, 6.07) is 0. The summed E-state index contributed by atoms with van der Waals surface area (Å²) in [7, 11) is 1.73. The zero-order chi connectivity index (χ0) is 11.9. The van der Waals surface area contributed by atoms with Gasteiger partial charge in [-0.15, -0.1) is 24.0 Å². The van der Waals surface area contributed by atoms with Crippen molar-refractivity contribution in [2.45, 2.75) is 31.8 Å². The topological polar surface area (TPSA) is 68.9 Å². The Morgan fingerprint density at radius 1 is 1.47 bits per heavy atom. The first kappa shape index (κ1) is 16.9. The second-order valence-electron chi connectivity index (χ2n) is 4.13. The van der Waals surface area contributed by atoms with E-state index >= 15 is 0 Å². The van der Waals surface area contributed by atoms with E-state index < -0.39 is 0 Å². The van der Waals surface area contributed by atoms with Gasteiger partial charge < -0.3 is 20.5 Å². The highest BCUT2D eigenvalue weighted by Crippen LogP contribution is 2.24. The van der Waals surface area contributed by atoms with Crippen LogP contribution in [0.5, 0.6) is 0 Å². The highest BCUT2D eigenvalue weighted by molar-refractivity contribution is 14.0. The fraction of sp³-hybridized carbons (Fsp3) is 0.909. The van der Waals surface area contributed by atoms with Gasteiger partial charge in [-0.05, 0) is 6.42 Å². The summed E-state index contributed by atoms with van der Waals surface area (Å²) in [5.74, 6) is 0.504. The Kier molecular flexibility index (Phi) is 8.89. The van der Waals surface area contributed by atoms with Crippen LogP contribution in [-0.4, -0.2) is 45.0 Å². The number of hydrogen-bond acceptors (Lipinski definition) is 3. The lowest BCUT2D eigenvalue weighted by Crippen LogP contribution is -2.42. The number of aliphatic imine (C=N–C) groups is 1. The number of ether oxygens (including phenoxy) is 2. The van der Waals surface area contributed by atoms with Crippen LogP contribution in [0.2, 0.25) is 0 Å². The third-order valence-electron chi connectivity index (χ3n) is 2.93. The lowest BCUT2D eigenvalue weighted by atomic mass is 9.94. The number of hydrogen-bond donors (Lipinski definition) is 2. The summed E-state index contributed by atoms with van der Waals surface area (Å²) in [6.45, 7) is 5.04. The predicted molar refractivity (Wildman–Crippen MR) is 80.0 cm³/mol. The molecule has 1 aliphatic heterocycles. The molecule has 1 rings (SSSR count). The largest absolute Gasteiger partial charge is 0.381 e. The molecule has 0 saturated carbocycles. The summed E-state index contributed by atoms with van der Waals surface area (Å²) in [6.07, 6.45) is 2.81. The van der Waals surface area contributed by atoms with Crippen LogP contribution in [0.15, 0.2) is 4.99 Å². The van der Waals surface area contributed by atoms with E-state index in [0.717, 1.165) is 39.0 Å². The van der Waals surface area contributed by atoms with Gasteiger partial charge >= 0.3 is 0 Å². The molecule has 0 aromatic carbocycles. The third-order valence-corrected chi connectivity index (χ3v) is 2.93. The normalized spacial score (nSPS) is 19.5. The van der Waals surface area contributed by atoms with Gasteiger partial charge in [0.05, 0.1) is 12.1 Å². The highest BCUT2D eigenvalue weighted by Gasteiger charge is 2.32. The van der Waals surface area contributed by atoms with Crippen LogP contribution in [0, 0.1) is 0 Å². The number of nitrogens with two attached hydrogens (primary N) is 1. The van der Waals surface area contributed by atoms with Gasteiger partial charge in [-0.3, -0.25) is 4.99 Å². The number of nitrogens with one attached hydrogen (secondary N) is 1. The maximum atomic E-state index is 5.74. The first-order valence-corrected chi connectivity index (χ1v) is 5.89. The van der Waals surface area contributed by atoms with Crippen molar-refractivity contribution in [2.24, 2.45) is 10.7 Å². The molecule has 0 atom stereocenters. The molecule has 3 N–H and O–H groups in total. The van der Waals surface area contributed by atoms with Gasteiger partial charge in [0.25, 0.3) is 0 Å². The number of halogens is 1. The molecule has 0 aromatic rings. The SMILES string of the molecule is CCCNC(N)=NCC1(OC)CCOCC1.I. The molecule has 0 unspecified atom stereocenters. The van der Waals surface area contributed by atoms with Crippen molar-refractivity contribution in [2.75, 3.05) is 33.4 Å². The Labute approximate surface area is 121 Å². The molecule has 6 heteroatoms. The van der Waals surface area contributed by atoms with E-state index in [9.17, 15) is 0 Å². The average molecular weight is 357 g/mol. The molecule has 1 saturated heterocycles. The van der Waals surface area contributed by atoms with E-state index in [1.807, 2.05) is 0 Å². The first-order valence-electron chi connectivity index (χ1n) is 5.89. The van der Waals surface area contributed by atoms with Crippen LogP contribution < -0.4 is 11.1 Å². The number of rotatable bonds is 5.